The lowest BCUT2D eigenvalue weighted by atomic mass is 10.1. The first-order valence-corrected chi connectivity index (χ1v) is 4.91. The minimum atomic E-state index is 0.151. The number of aliphatic hydroxyl groups excluding tert-OH is 1. The summed E-state index contributed by atoms with van der Waals surface area (Å²) in [6.07, 6.45) is 1.62. The highest BCUT2D eigenvalue weighted by Gasteiger charge is 2.10. The normalized spacial score (nSPS) is 14.0. The van der Waals surface area contributed by atoms with Crippen LogP contribution in [0, 0.1) is 17.2 Å². The molecule has 0 aromatic carbocycles. The summed E-state index contributed by atoms with van der Waals surface area (Å²) in [6, 6.07) is 5.61. The van der Waals surface area contributed by atoms with Gasteiger partial charge in [-0.2, -0.15) is 5.26 Å². The van der Waals surface area contributed by atoms with Gasteiger partial charge in [-0.25, -0.2) is 4.98 Å². The molecule has 0 aliphatic heterocycles. The van der Waals surface area contributed by atoms with E-state index in [2.05, 4.69) is 10.3 Å². The van der Waals surface area contributed by atoms with E-state index in [0.717, 1.165) is 5.69 Å². The summed E-state index contributed by atoms with van der Waals surface area (Å²) in [5, 5.41) is 20.7. The largest absolute Gasteiger partial charge is 0.396 e. The van der Waals surface area contributed by atoms with E-state index in [4.69, 9.17) is 10.4 Å². The fraction of sp³-hybridized carbons (Fsp3) is 0.455. The third-order valence-corrected chi connectivity index (χ3v) is 2.41. The first kappa shape index (κ1) is 11.5. The predicted molar refractivity (Wildman–Crippen MR) is 58.3 cm³/mol. The van der Waals surface area contributed by atoms with Crippen LogP contribution < -0.4 is 5.32 Å². The van der Waals surface area contributed by atoms with Gasteiger partial charge in [0.1, 0.15) is 11.8 Å². The van der Waals surface area contributed by atoms with Crippen LogP contribution in [0.5, 0.6) is 0 Å². The van der Waals surface area contributed by atoms with E-state index in [-0.39, 0.29) is 18.6 Å². The molecule has 0 radical (unpaired) electrons. The van der Waals surface area contributed by atoms with Crippen molar-refractivity contribution in [2.24, 2.45) is 5.92 Å². The van der Waals surface area contributed by atoms with E-state index in [1.165, 1.54) is 0 Å². The standard InChI is InChI=1S/C11H15N3O/c1-8(7-15)9(2)14-11-4-3-10(5-12)13-6-11/h3-4,6,8-9,14-15H,7H2,1-2H3. The SMILES string of the molecule is CC(CO)C(C)Nc1ccc(C#N)nc1. The maximum absolute atomic E-state index is 8.97. The van der Waals surface area contributed by atoms with Crippen LogP contribution >= 0.6 is 0 Å². The molecule has 0 spiro atoms. The molecule has 4 heteroatoms. The quantitative estimate of drug-likeness (QED) is 0.779. The Morgan fingerprint density at radius 1 is 1.53 bits per heavy atom. The van der Waals surface area contributed by atoms with Crippen LogP contribution in [-0.4, -0.2) is 22.7 Å². The second kappa shape index (κ2) is 5.32. The first-order chi connectivity index (χ1) is 7.17. The molecule has 0 saturated carbocycles. The Kier molecular flexibility index (Phi) is 4.07. The van der Waals surface area contributed by atoms with Crippen molar-refractivity contribution >= 4 is 5.69 Å². The lowest BCUT2D eigenvalue weighted by Gasteiger charge is -2.20. The lowest BCUT2D eigenvalue weighted by Crippen LogP contribution is -2.26. The molecule has 4 nitrogen and oxygen atoms in total. The second-order valence-electron chi connectivity index (χ2n) is 3.64. The average molecular weight is 205 g/mol. The van der Waals surface area contributed by atoms with Crippen molar-refractivity contribution in [3.63, 3.8) is 0 Å². The van der Waals surface area contributed by atoms with Crippen molar-refractivity contribution < 1.29 is 5.11 Å². The highest BCUT2D eigenvalue weighted by molar-refractivity contribution is 5.43. The third kappa shape index (κ3) is 3.22. The summed E-state index contributed by atoms with van der Waals surface area (Å²) in [4.78, 5) is 3.95. The molecule has 0 aliphatic rings. The van der Waals surface area contributed by atoms with Gasteiger partial charge in [0.25, 0.3) is 0 Å². The molecule has 2 atom stereocenters. The highest BCUT2D eigenvalue weighted by Crippen LogP contribution is 2.11. The number of nitrogens with zero attached hydrogens (tertiary/aromatic N) is 2. The van der Waals surface area contributed by atoms with Gasteiger partial charge in [0.15, 0.2) is 0 Å². The van der Waals surface area contributed by atoms with Gasteiger partial charge < -0.3 is 10.4 Å². The number of hydrogen-bond donors (Lipinski definition) is 2. The molecule has 1 aromatic rings. The number of pyridine rings is 1. The monoisotopic (exact) mass is 205 g/mol. The van der Waals surface area contributed by atoms with Crippen molar-refractivity contribution in [1.82, 2.24) is 4.98 Å². The van der Waals surface area contributed by atoms with E-state index >= 15 is 0 Å². The van der Waals surface area contributed by atoms with Crippen LogP contribution in [0.25, 0.3) is 0 Å². The molecular weight excluding hydrogens is 190 g/mol. The van der Waals surface area contributed by atoms with E-state index in [0.29, 0.717) is 5.69 Å². The van der Waals surface area contributed by atoms with Gasteiger partial charge in [0.2, 0.25) is 0 Å². The molecule has 15 heavy (non-hydrogen) atoms. The Morgan fingerprint density at radius 3 is 2.73 bits per heavy atom. The third-order valence-electron chi connectivity index (χ3n) is 2.41. The Bertz CT molecular complexity index is 342. The number of aromatic nitrogens is 1. The van der Waals surface area contributed by atoms with Crippen LogP contribution in [0.3, 0.4) is 0 Å². The van der Waals surface area contributed by atoms with Crippen LogP contribution in [0.2, 0.25) is 0 Å². The van der Waals surface area contributed by atoms with E-state index < -0.39 is 0 Å². The zero-order valence-electron chi connectivity index (χ0n) is 8.94. The van der Waals surface area contributed by atoms with Crippen molar-refractivity contribution in [3.8, 4) is 6.07 Å². The van der Waals surface area contributed by atoms with Gasteiger partial charge in [-0.05, 0) is 25.0 Å². The Hall–Kier alpha value is -1.60. The van der Waals surface area contributed by atoms with Crippen LogP contribution in [0.1, 0.15) is 19.5 Å². The minimum absolute atomic E-state index is 0.151. The summed E-state index contributed by atoms with van der Waals surface area (Å²) in [5.41, 5.74) is 1.27. The van der Waals surface area contributed by atoms with Gasteiger partial charge >= 0.3 is 0 Å². The molecule has 1 heterocycles. The summed E-state index contributed by atoms with van der Waals surface area (Å²) in [7, 11) is 0. The number of nitrogens with one attached hydrogen (secondary N) is 1. The highest BCUT2D eigenvalue weighted by atomic mass is 16.3. The molecule has 2 unspecified atom stereocenters. The molecule has 0 aliphatic carbocycles. The zero-order chi connectivity index (χ0) is 11.3. The topological polar surface area (TPSA) is 68.9 Å². The smallest absolute Gasteiger partial charge is 0.140 e. The number of nitriles is 1. The van der Waals surface area contributed by atoms with Gasteiger partial charge in [-0.15, -0.1) is 0 Å². The maximum atomic E-state index is 8.97. The van der Waals surface area contributed by atoms with E-state index in [1.807, 2.05) is 26.0 Å². The van der Waals surface area contributed by atoms with Crippen molar-refractivity contribution in [2.75, 3.05) is 11.9 Å². The van der Waals surface area contributed by atoms with Gasteiger partial charge in [-0.3, -0.25) is 0 Å². The number of rotatable bonds is 4. The lowest BCUT2D eigenvalue weighted by molar-refractivity contribution is 0.226. The molecular formula is C11H15N3O. The van der Waals surface area contributed by atoms with Gasteiger partial charge in [-0.1, -0.05) is 6.92 Å². The zero-order valence-corrected chi connectivity index (χ0v) is 8.94. The second-order valence-corrected chi connectivity index (χ2v) is 3.64. The van der Waals surface area contributed by atoms with E-state index in [1.54, 1.807) is 12.3 Å². The fourth-order valence-electron chi connectivity index (χ4n) is 1.11. The minimum Gasteiger partial charge on any atom is -0.396 e. The van der Waals surface area contributed by atoms with Crippen LogP contribution in [0.15, 0.2) is 18.3 Å². The fourth-order valence-corrected chi connectivity index (χ4v) is 1.11. The van der Waals surface area contributed by atoms with Gasteiger partial charge in [0, 0.05) is 12.6 Å². The molecule has 1 aromatic heterocycles. The van der Waals surface area contributed by atoms with Gasteiger partial charge in [0.05, 0.1) is 11.9 Å². The van der Waals surface area contributed by atoms with E-state index in [9.17, 15) is 0 Å². The first-order valence-electron chi connectivity index (χ1n) is 4.91. The number of aliphatic hydroxyl groups is 1. The average Bonchev–Trinajstić information content (AvgIpc) is 2.29. The van der Waals surface area contributed by atoms with Crippen molar-refractivity contribution in [3.05, 3.63) is 24.0 Å². The summed E-state index contributed by atoms with van der Waals surface area (Å²) >= 11 is 0. The van der Waals surface area contributed by atoms with Crippen molar-refractivity contribution in [1.29, 1.82) is 5.26 Å². The molecule has 0 fully saturated rings. The summed E-state index contributed by atoms with van der Waals surface area (Å²) in [5.74, 6) is 0.181. The molecule has 2 N–H and O–H groups in total. The molecule has 0 saturated heterocycles. The summed E-state index contributed by atoms with van der Waals surface area (Å²) in [6.45, 7) is 4.12. The Morgan fingerprint density at radius 2 is 2.27 bits per heavy atom. The van der Waals surface area contributed by atoms with Crippen molar-refractivity contribution in [2.45, 2.75) is 19.9 Å². The predicted octanol–water partition coefficient (Wildman–Crippen LogP) is 1.38. The number of anilines is 1. The maximum Gasteiger partial charge on any atom is 0.140 e. The summed E-state index contributed by atoms with van der Waals surface area (Å²) < 4.78 is 0. The van der Waals surface area contributed by atoms with Crippen LogP contribution in [0.4, 0.5) is 5.69 Å². The Labute approximate surface area is 89.6 Å². The molecule has 1 rings (SSSR count). The van der Waals surface area contributed by atoms with Crippen LogP contribution in [-0.2, 0) is 0 Å². The Balaban J connectivity index is 2.61. The molecule has 0 bridgehead atoms. The molecule has 80 valence electrons. The number of hydrogen-bond acceptors (Lipinski definition) is 4. The molecule has 0 amide bonds.